The number of nitrogens with two attached hydrogens (primary N) is 1. The quantitative estimate of drug-likeness (QED) is 0.629. The van der Waals surface area contributed by atoms with Crippen LogP contribution in [-0.2, 0) is 0 Å². The lowest BCUT2D eigenvalue weighted by atomic mass is 10.1. The number of anilines is 1. The first-order valence-corrected chi connectivity index (χ1v) is 5.25. The number of carbonyl (C=O) groups excluding carboxylic acids is 1. The summed E-state index contributed by atoms with van der Waals surface area (Å²) in [6, 6.07) is 5.49. The third-order valence-electron chi connectivity index (χ3n) is 1.77. The number of aldehydes is 1. The van der Waals surface area contributed by atoms with Gasteiger partial charge in [0, 0.05) is 5.56 Å². The third kappa shape index (κ3) is 1.47. The molecule has 0 spiro atoms. The van der Waals surface area contributed by atoms with Crippen molar-refractivity contribution in [1.29, 1.82) is 0 Å². The zero-order chi connectivity index (χ0) is 9.42. The van der Waals surface area contributed by atoms with Crippen molar-refractivity contribution in [3.05, 3.63) is 27.5 Å². The standard InChI is InChI=1S/C9H6BrNOS/c10-8-3-6-1-5(4-12)2-7(11)9(6)13-8/h1-4H,11H2. The lowest BCUT2D eigenvalue weighted by Gasteiger charge is -1.96. The molecule has 2 rings (SSSR count). The van der Waals surface area contributed by atoms with Crippen molar-refractivity contribution in [2.75, 3.05) is 5.73 Å². The Balaban J connectivity index is 2.82. The van der Waals surface area contributed by atoms with E-state index in [1.807, 2.05) is 12.1 Å². The van der Waals surface area contributed by atoms with Crippen LogP contribution in [0, 0.1) is 0 Å². The van der Waals surface area contributed by atoms with Gasteiger partial charge in [-0.15, -0.1) is 11.3 Å². The number of nitrogen functional groups attached to an aromatic ring is 1. The minimum absolute atomic E-state index is 0.621. The van der Waals surface area contributed by atoms with Crippen molar-refractivity contribution >= 4 is 49.3 Å². The Morgan fingerprint density at radius 2 is 2.15 bits per heavy atom. The zero-order valence-corrected chi connectivity index (χ0v) is 8.98. The first kappa shape index (κ1) is 8.72. The zero-order valence-electron chi connectivity index (χ0n) is 6.58. The first-order chi connectivity index (χ1) is 6.20. The first-order valence-electron chi connectivity index (χ1n) is 3.64. The van der Waals surface area contributed by atoms with E-state index in [9.17, 15) is 4.79 Å². The largest absolute Gasteiger partial charge is 0.398 e. The molecule has 0 saturated carbocycles. The Morgan fingerprint density at radius 3 is 2.85 bits per heavy atom. The number of rotatable bonds is 1. The van der Waals surface area contributed by atoms with E-state index >= 15 is 0 Å². The van der Waals surface area contributed by atoms with E-state index in [2.05, 4.69) is 15.9 Å². The van der Waals surface area contributed by atoms with Gasteiger partial charge in [-0.3, -0.25) is 4.79 Å². The Hall–Kier alpha value is -0.870. The predicted octanol–water partition coefficient (Wildman–Crippen LogP) is 3.06. The summed E-state index contributed by atoms with van der Waals surface area (Å²) in [6.45, 7) is 0. The topological polar surface area (TPSA) is 43.1 Å². The second kappa shape index (κ2) is 3.12. The van der Waals surface area contributed by atoms with Crippen molar-refractivity contribution in [3.63, 3.8) is 0 Å². The molecule has 0 bridgehead atoms. The molecule has 66 valence electrons. The Labute approximate surface area is 87.5 Å². The molecule has 13 heavy (non-hydrogen) atoms. The van der Waals surface area contributed by atoms with Crippen LogP contribution in [0.4, 0.5) is 5.69 Å². The molecule has 0 saturated heterocycles. The molecule has 1 heterocycles. The van der Waals surface area contributed by atoms with Gasteiger partial charge in [0.25, 0.3) is 0 Å². The monoisotopic (exact) mass is 255 g/mol. The molecular weight excluding hydrogens is 250 g/mol. The van der Waals surface area contributed by atoms with Crippen LogP contribution in [-0.4, -0.2) is 6.29 Å². The third-order valence-corrected chi connectivity index (χ3v) is 3.48. The van der Waals surface area contributed by atoms with E-state index in [0.717, 1.165) is 20.2 Å². The molecule has 0 aliphatic carbocycles. The van der Waals surface area contributed by atoms with Crippen LogP contribution in [0.5, 0.6) is 0 Å². The van der Waals surface area contributed by atoms with Crippen LogP contribution in [0.3, 0.4) is 0 Å². The number of fused-ring (bicyclic) bond motifs is 1. The maximum atomic E-state index is 10.5. The molecule has 2 aromatic rings. The minimum atomic E-state index is 0.621. The van der Waals surface area contributed by atoms with Gasteiger partial charge in [0.1, 0.15) is 6.29 Å². The highest BCUT2D eigenvalue weighted by molar-refractivity contribution is 9.11. The molecular formula is C9H6BrNOS. The number of hydrogen-bond donors (Lipinski definition) is 1. The average molecular weight is 256 g/mol. The summed E-state index contributed by atoms with van der Waals surface area (Å²) in [6.07, 6.45) is 0.807. The number of hydrogen-bond acceptors (Lipinski definition) is 3. The predicted molar refractivity (Wildman–Crippen MR) is 59.3 cm³/mol. The van der Waals surface area contributed by atoms with E-state index in [1.165, 1.54) is 0 Å². The van der Waals surface area contributed by atoms with Gasteiger partial charge in [0.15, 0.2) is 0 Å². The van der Waals surface area contributed by atoms with Crippen molar-refractivity contribution in [2.24, 2.45) is 0 Å². The van der Waals surface area contributed by atoms with E-state index < -0.39 is 0 Å². The molecule has 0 atom stereocenters. The maximum Gasteiger partial charge on any atom is 0.150 e. The molecule has 0 aliphatic heterocycles. The Morgan fingerprint density at radius 1 is 1.38 bits per heavy atom. The second-order valence-corrected chi connectivity index (χ2v) is 5.13. The molecule has 2 N–H and O–H groups in total. The van der Waals surface area contributed by atoms with Crippen molar-refractivity contribution < 1.29 is 4.79 Å². The summed E-state index contributed by atoms with van der Waals surface area (Å²) < 4.78 is 2.05. The molecule has 0 unspecified atom stereocenters. The van der Waals surface area contributed by atoms with Gasteiger partial charge < -0.3 is 5.73 Å². The maximum absolute atomic E-state index is 10.5. The smallest absolute Gasteiger partial charge is 0.150 e. The molecule has 4 heteroatoms. The van der Waals surface area contributed by atoms with E-state index in [-0.39, 0.29) is 0 Å². The summed E-state index contributed by atoms with van der Waals surface area (Å²) in [4.78, 5) is 10.5. The molecule has 0 radical (unpaired) electrons. The van der Waals surface area contributed by atoms with E-state index in [0.29, 0.717) is 11.3 Å². The highest BCUT2D eigenvalue weighted by atomic mass is 79.9. The highest BCUT2D eigenvalue weighted by Gasteiger charge is 2.04. The molecule has 1 aromatic heterocycles. The Bertz CT molecular complexity index is 478. The summed E-state index contributed by atoms with van der Waals surface area (Å²) in [5.74, 6) is 0. The number of thiophene rings is 1. The fourth-order valence-electron chi connectivity index (χ4n) is 1.24. The average Bonchev–Trinajstić information content (AvgIpc) is 2.46. The van der Waals surface area contributed by atoms with Gasteiger partial charge in [-0.05, 0) is 39.5 Å². The van der Waals surface area contributed by atoms with E-state index in [4.69, 9.17) is 5.73 Å². The summed E-state index contributed by atoms with van der Waals surface area (Å²) in [7, 11) is 0. The van der Waals surface area contributed by atoms with Crippen LogP contribution < -0.4 is 5.73 Å². The van der Waals surface area contributed by atoms with Crippen LogP contribution in [0.1, 0.15) is 10.4 Å². The van der Waals surface area contributed by atoms with Crippen LogP contribution in [0.2, 0.25) is 0 Å². The molecule has 1 aromatic carbocycles. The van der Waals surface area contributed by atoms with Crippen molar-refractivity contribution in [2.45, 2.75) is 0 Å². The number of halogens is 1. The van der Waals surface area contributed by atoms with Crippen molar-refractivity contribution in [3.8, 4) is 0 Å². The van der Waals surface area contributed by atoms with E-state index in [1.54, 1.807) is 17.4 Å². The molecule has 0 amide bonds. The summed E-state index contributed by atoms with van der Waals surface area (Å²) in [5, 5.41) is 1.01. The van der Waals surface area contributed by atoms with Gasteiger partial charge in [0.2, 0.25) is 0 Å². The van der Waals surface area contributed by atoms with Gasteiger partial charge in [0.05, 0.1) is 14.2 Å². The highest BCUT2D eigenvalue weighted by Crippen LogP contribution is 2.34. The van der Waals surface area contributed by atoms with Gasteiger partial charge in [-0.2, -0.15) is 0 Å². The fourth-order valence-corrected chi connectivity index (χ4v) is 2.77. The van der Waals surface area contributed by atoms with Crippen molar-refractivity contribution in [1.82, 2.24) is 0 Å². The lowest BCUT2D eigenvalue weighted by molar-refractivity contribution is 0.112. The number of benzene rings is 1. The fraction of sp³-hybridized carbons (Fsp3) is 0. The normalized spacial score (nSPS) is 10.5. The summed E-state index contributed by atoms with van der Waals surface area (Å²) >= 11 is 4.95. The molecule has 2 nitrogen and oxygen atoms in total. The molecule has 0 aliphatic rings. The lowest BCUT2D eigenvalue weighted by Crippen LogP contribution is -1.87. The number of carbonyl (C=O) groups is 1. The van der Waals surface area contributed by atoms with Gasteiger partial charge in [-0.1, -0.05) is 0 Å². The van der Waals surface area contributed by atoms with Gasteiger partial charge in [-0.25, -0.2) is 0 Å². The van der Waals surface area contributed by atoms with Crippen LogP contribution in [0.15, 0.2) is 22.0 Å². The van der Waals surface area contributed by atoms with Gasteiger partial charge >= 0.3 is 0 Å². The minimum Gasteiger partial charge on any atom is -0.398 e. The second-order valence-electron chi connectivity index (χ2n) is 2.70. The molecule has 0 fully saturated rings. The SMILES string of the molecule is Nc1cc(C=O)cc2cc(Br)sc12. The summed E-state index contributed by atoms with van der Waals surface area (Å²) in [5.41, 5.74) is 7.06. The van der Waals surface area contributed by atoms with Crippen LogP contribution in [0.25, 0.3) is 10.1 Å². The Kier molecular flexibility index (Phi) is 2.09. The van der Waals surface area contributed by atoms with Crippen LogP contribution >= 0.6 is 27.3 Å².